The Morgan fingerprint density at radius 3 is 2.09 bits per heavy atom. The minimum Gasteiger partial charge on any atom is -0.369 e. The number of carbonyl (C=O) groups is 2. The van der Waals surface area contributed by atoms with E-state index in [0.717, 1.165) is 12.2 Å². The largest absolute Gasteiger partial charge is 0.369 e. The fraction of sp³-hybridized carbons (Fsp3) is 0.529. The molecule has 0 bridgehead atoms. The van der Waals surface area contributed by atoms with Gasteiger partial charge in [-0.1, -0.05) is 13.8 Å². The van der Waals surface area contributed by atoms with E-state index in [-0.39, 0.29) is 11.8 Å². The molecule has 0 radical (unpaired) electrons. The lowest BCUT2D eigenvalue weighted by Crippen LogP contribution is -2.49. The number of primary amides is 1. The number of amides is 3. The molecule has 0 saturated heterocycles. The Labute approximate surface area is 138 Å². The van der Waals surface area contributed by atoms with Crippen LogP contribution in [0.15, 0.2) is 24.3 Å². The Balaban J connectivity index is 2.80. The van der Waals surface area contributed by atoms with Crippen LogP contribution in [0.5, 0.6) is 0 Å². The van der Waals surface area contributed by atoms with E-state index in [2.05, 4.69) is 36.3 Å². The zero-order chi connectivity index (χ0) is 17.6. The quantitative estimate of drug-likeness (QED) is 0.721. The van der Waals surface area contributed by atoms with Crippen LogP contribution in [0.25, 0.3) is 0 Å². The second-order valence-electron chi connectivity index (χ2n) is 6.15. The maximum absolute atomic E-state index is 12.3. The summed E-state index contributed by atoms with van der Waals surface area (Å²) in [6.45, 7) is 11.0. The van der Waals surface area contributed by atoms with Gasteiger partial charge in [0, 0.05) is 24.0 Å². The number of nitrogens with two attached hydrogens (primary N) is 1. The molecular weight excluding hydrogens is 292 g/mol. The van der Waals surface area contributed by atoms with Crippen LogP contribution in [0, 0.1) is 5.92 Å². The number of anilines is 2. The van der Waals surface area contributed by atoms with Gasteiger partial charge < -0.3 is 21.3 Å². The molecule has 3 amide bonds. The van der Waals surface area contributed by atoms with E-state index in [4.69, 9.17) is 5.73 Å². The normalized spacial score (nSPS) is 12.1. The maximum Gasteiger partial charge on any atom is 0.312 e. The third-order valence-electron chi connectivity index (χ3n) is 3.68. The number of benzene rings is 1. The fourth-order valence-corrected chi connectivity index (χ4v) is 2.49. The summed E-state index contributed by atoms with van der Waals surface area (Å²) in [6.07, 6.45) is 0. The summed E-state index contributed by atoms with van der Waals surface area (Å²) >= 11 is 0. The minimum absolute atomic E-state index is 0.0571. The van der Waals surface area contributed by atoms with E-state index in [9.17, 15) is 9.59 Å². The number of hydrogen-bond acceptors (Lipinski definition) is 3. The lowest BCUT2D eigenvalue weighted by Gasteiger charge is -2.27. The van der Waals surface area contributed by atoms with Gasteiger partial charge >= 0.3 is 6.03 Å². The summed E-state index contributed by atoms with van der Waals surface area (Å²) in [5, 5.41) is 5.29. The summed E-state index contributed by atoms with van der Waals surface area (Å²) in [5.41, 5.74) is 6.92. The molecule has 1 rings (SSSR count). The molecule has 23 heavy (non-hydrogen) atoms. The van der Waals surface area contributed by atoms with Crippen LogP contribution >= 0.6 is 0 Å². The topological polar surface area (TPSA) is 87.5 Å². The Morgan fingerprint density at radius 2 is 1.70 bits per heavy atom. The molecule has 6 nitrogen and oxygen atoms in total. The summed E-state index contributed by atoms with van der Waals surface area (Å²) < 4.78 is 0. The van der Waals surface area contributed by atoms with Gasteiger partial charge in [0.2, 0.25) is 5.91 Å². The standard InChI is InChI=1S/C17H28N4O2/c1-6-21(12(4)5)14-9-7-13(8-10-14)19-16(22)15(11(2)3)20-17(18)23/h7-12,15H,6H2,1-5H3,(H,19,22)(H3,18,20,23). The van der Waals surface area contributed by atoms with Crippen molar-refractivity contribution < 1.29 is 9.59 Å². The molecule has 0 aliphatic carbocycles. The summed E-state index contributed by atoms with van der Waals surface area (Å²) in [6, 6.07) is 6.72. The molecule has 1 aromatic rings. The van der Waals surface area contributed by atoms with E-state index in [0.29, 0.717) is 11.7 Å². The highest BCUT2D eigenvalue weighted by molar-refractivity contribution is 5.97. The highest BCUT2D eigenvalue weighted by Gasteiger charge is 2.23. The van der Waals surface area contributed by atoms with Gasteiger partial charge in [-0.25, -0.2) is 4.79 Å². The molecule has 0 aliphatic heterocycles. The van der Waals surface area contributed by atoms with Crippen LogP contribution in [0.2, 0.25) is 0 Å². The monoisotopic (exact) mass is 320 g/mol. The first kappa shape index (κ1) is 18.8. The smallest absolute Gasteiger partial charge is 0.312 e. The summed E-state index contributed by atoms with van der Waals surface area (Å²) in [5.74, 6) is -0.332. The van der Waals surface area contributed by atoms with Crippen molar-refractivity contribution in [3.63, 3.8) is 0 Å². The molecule has 6 heteroatoms. The molecule has 0 saturated carbocycles. The molecular formula is C17H28N4O2. The summed E-state index contributed by atoms with van der Waals surface area (Å²) in [7, 11) is 0. The van der Waals surface area contributed by atoms with Crippen LogP contribution in [-0.2, 0) is 4.79 Å². The number of nitrogens with one attached hydrogen (secondary N) is 2. The van der Waals surface area contributed by atoms with Gasteiger partial charge in [0.05, 0.1) is 0 Å². The molecule has 0 aliphatic rings. The Kier molecular flexibility index (Phi) is 6.88. The zero-order valence-electron chi connectivity index (χ0n) is 14.6. The van der Waals surface area contributed by atoms with Crippen molar-refractivity contribution in [2.75, 3.05) is 16.8 Å². The van der Waals surface area contributed by atoms with E-state index < -0.39 is 12.1 Å². The van der Waals surface area contributed by atoms with Crippen molar-refractivity contribution in [1.29, 1.82) is 0 Å². The molecule has 1 unspecified atom stereocenters. The Bertz CT molecular complexity index is 526. The number of nitrogens with zero attached hydrogens (tertiary/aromatic N) is 1. The number of hydrogen-bond donors (Lipinski definition) is 3. The fourth-order valence-electron chi connectivity index (χ4n) is 2.49. The Hall–Kier alpha value is -2.24. The molecule has 128 valence electrons. The molecule has 0 heterocycles. The van der Waals surface area contributed by atoms with E-state index >= 15 is 0 Å². The average Bonchev–Trinajstić information content (AvgIpc) is 2.46. The third kappa shape index (κ3) is 5.47. The molecule has 1 atom stereocenters. The van der Waals surface area contributed by atoms with E-state index in [1.54, 1.807) is 0 Å². The molecule has 4 N–H and O–H groups in total. The highest BCUT2D eigenvalue weighted by atomic mass is 16.2. The zero-order valence-corrected chi connectivity index (χ0v) is 14.6. The lowest BCUT2D eigenvalue weighted by molar-refractivity contribution is -0.118. The summed E-state index contributed by atoms with van der Waals surface area (Å²) in [4.78, 5) is 25.6. The van der Waals surface area contributed by atoms with E-state index in [1.165, 1.54) is 0 Å². The average molecular weight is 320 g/mol. The van der Waals surface area contributed by atoms with Crippen molar-refractivity contribution >= 4 is 23.3 Å². The third-order valence-corrected chi connectivity index (χ3v) is 3.68. The minimum atomic E-state index is -0.704. The van der Waals surface area contributed by atoms with Crippen LogP contribution in [-0.4, -0.2) is 30.6 Å². The SMILES string of the molecule is CCN(c1ccc(NC(=O)C(NC(N)=O)C(C)C)cc1)C(C)C. The van der Waals surface area contributed by atoms with Gasteiger partial charge in [-0.15, -0.1) is 0 Å². The van der Waals surface area contributed by atoms with Crippen molar-refractivity contribution in [1.82, 2.24) is 5.32 Å². The van der Waals surface area contributed by atoms with Crippen molar-refractivity contribution in [2.45, 2.75) is 46.7 Å². The molecule has 0 aromatic heterocycles. The van der Waals surface area contributed by atoms with Gasteiger partial charge in [-0.05, 0) is 51.0 Å². The molecule has 1 aromatic carbocycles. The second kappa shape index (κ2) is 8.41. The van der Waals surface area contributed by atoms with Gasteiger partial charge in [0.15, 0.2) is 0 Å². The lowest BCUT2D eigenvalue weighted by atomic mass is 10.0. The first-order valence-corrected chi connectivity index (χ1v) is 7.99. The number of rotatable bonds is 7. The molecule has 0 fully saturated rings. The van der Waals surface area contributed by atoms with Crippen LogP contribution in [0.3, 0.4) is 0 Å². The van der Waals surface area contributed by atoms with Gasteiger partial charge in [-0.3, -0.25) is 4.79 Å². The van der Waals surface area contributed by atoms with Gasteiger partial charge in [0.25, 0.3) is 0 Å². The number of urea groups is 1. The molecule has 0 spiro atoms. The Morgan fingerprint density at radius 1 is 1.13 bits per heavy atom. The van der Waals surface area contributed by atoms with Crippen LogP contribution < -0.4 is 21.3 Å². The number of carbonyl (C=O) groups excluding carboxylic acids is 2. The van der Waals surface area contributed by atoms with Crippen molar-refractivity contribution in [2.24, 2.45) is 11.7 Å². The van der Waals surface area contributed by atoms with Crippen molar-refractivity contribution in [3.8, 4) is 0 Å². The predicted molar refractivity (Wildman–Crippen MR) is 94.6 cm³/mol. The first-order valence-electron chi connectivity index (χ1n) is 7.99. The van der Waals surface area contributed by atoms with Crippen LogP contribution in [0.4, 0.5) is 16.2 Å². The predicted octanol–water partition coefficient (Wildman–Crippen LogP) is 2.55. The second-order valence-corrected chi connectivity index (χ2v) is 6.15. The maximum atomic E-state index is 12.3. The van der Waals surface area contributed by atoms with Gasteiger partial charge in [0.1, 0.15) is 6.04 Å². The van der Waals surface area contributed by atoms with Gasteiger partial charge in [-0.2, -0.15) is 0 Å². The first-order chi connectivity index (χ1) is 10.8. The van der Waals surface area contributed by atoms with Crippen molar-refractivity contribution in [3.05, 3.63) is 24.3 Å². The van der Waals surface area contributed by atoms with Crippen LogP contribution in [0.1, 0.15) is 34.6 Å². The van der Waals surface area contributed by atoms with E-state index in [1.807, 2.05) is 38.1 Å². The highest BCUT2D eigenvalue weighted by Crippen LogP contribution is 2.20.